The molecule has 2 unspecified atom stereocenters. The van der Waals surface area contributed by atoms with Gasteiger partial charge >= 0.3 is 211 Å². The van der Waals surface area contributed by atoms with E-state index < -0.39 is 22.4 Å². The summed E-state index contributed by atoms with van der Waals surface area (Å²) in [5.74, 6) is 0.160. The Bertz CT molecular complexity index is 1390. The molecule has 0 amide bonds. The third-order valence-corrected chi connectivity index (χ3v) is 15.8. The molecule has 173 valence electrons. The number of fused-ring (bicyclic) bond motifs is 4. The van der Waals surface area contributed by atoms with Crippen LogP contribution in [-0.2, 0) is 22.4 Å². The van der Waals surface area contributed by atoms with E-state index in [1.807, 2.05) is 0 Å². The zero-order valence-corrected chi connectivity index (χ0v) is 25.1. The van der Waals surface area contributed by atoms with Crippen molar-refractivity contribution in [2.45, 2.75) is 29.6 Å². The van der Waals surface area contributed by atoms with E-state index in [4.69, 9.17) is 0 Å². The topological polar surface area (TPSA) is 0 Å². The Hall–Kier alpha value is -1.70. The van der Waals surface area contributed by atoms with E-state index in [9.17, 15) is 0 Å². The van der Waals surface area contributed by atoms with Gasteiger partial charge in [-0.25, -0.2) is 0 Å². The maximum Gasteiger partial charge on any atom is -1.00 e. The Kier molecular flexibility index (Phi) is 8.08. The van der Waals surface area contributed by atoms with E-state index >= 15 is 0 Å². The average molecular weight is 590 g/mol. The van der Waals surface area contributed by atoms with Crippen molar-refractivity contribution in [2.75, 3.05) is 0 Å². The first kappa shape index (κ1) is 26.4. The average Bonchev–Trinajstić information content (AvgIpc) is 3.34. The molecular formula is C31H27Cl2SiZr. The van der Waals surface area contributed by atoms with Crippen molar-refractivity contribution in [3.63, 3.8) is 0 Å². The van der Waals surface area contributed by atoms with E-state index in [0.29, 0.717) is 9.54 Å². The summed E-state index contributed by atoms with van der Waals surface area (Å²) < 4.78 is 0.689. The second-order valence-corrected chi connectivity index (χ2v) is 22.7. The molecule has 0 spiro atoms. The van der Waals surface area contributed by atoms with Gasteiger partial charge in [0.25, 0.3) is 0 Å². The van der Waals surface area contributed by atoms with Crippen molar-refractivity contribution >= 4 is 12.0 Å². The predicted molar refractivity (Wildman–Crippen MR) is 139 cm³/mol. The van der Waals surface area contributed by atoms with Gasteiger partial charge < -0.3 is 24.8 Å². The van der Waals surface area contributed by atoms with Crippen molar-refractivity contribution in [1.29, 1.82) is 0 Å². The molecule has 35 heavy (non-hydrogen) atoms. The Morgan fingerprint density at radius 3 is 1.97 bits per heavy atom. The zero-order valence-electron chi connectivity index (χ0n) is 20.1. The molecule has 4 heteroatoms. The van der Waals surface area contributed by atoms with Crippen molar-refractivity contribution < 1.29 is 47.2 Å². The van der Waals surface area contributed by atoms with Crippen LogP contribution in [-0.4, -0.2) is 5.92 Å². The van der Waals surface area contributed by atoms with Crippen molar-refractivity contribution in [3.05, 3.63) is 124 Å². The van der Waals surface area contributed by atoms with Crippen LogP contribution < -0.4 is 24.8 Å². The van der Waals surface area contributed by atoms with Gasteiger partial charge in [0, 0.05) is 0 Å². The minimum absolute atomic E-state index is 0. The predicted octanol–water partition coefficient (Wildman–Crippen LogP) is 2.31. The number of rotatable bonds is 4. The molecule has 0 fully saturated rings. The number of benzene rings is 4. The van der Waals surface area contributed by atoms with E-state index in [0.717, 1.165) is 0 Å². The third-order valence-electron chi connectivity index (χ3n) is 7.10. The van der Waals surface area contributed by atoms with Crippen molar-refractivity contribution in [3.8, 4) is 22.3 Å². The van der Waals surface area contributed by atoms with Gasteiger partial charge in [0.1, 0.15) is 0 Å². The minimum atomic E-state index is -0.537. The molecule has 1 radical (unpaired) electrons. The second kappa shape index (κ2) is 10.7. The van der Waals surface area contributed by atoms with Gasteiger partial charge in [-0.3, -0.25) is 0 Å². The molecule has 0 aromatic heterocycles. The summed E-state index contributed by atoms with van der Waals surface area (Å²) in [5, 5.41) is 0. The van der Waals surface area contributed by atoms with Crippen LogP contribution in [0.25, 0.3) is 28.3 Å². The first-order valence-electron chi connectivity index (χ1n) is 11.8. The number of halogens is 2. The van der Waals surface area contributed by atoms with Gasteiger partial charge in [-0.05, 0) is 0 Å². The fourth-order valence-corrected chi connectivity index (χ4v) is 14.6. The zero-order chi connectivity index (χ0) is 22.5. The SMILES string of the molecule is CC1=Cc2c(-c3ccccc3)cccc2C1c1cccc2c1[CH]([Zr+2][Si](C)C)c1ccccc1-2.[Cl-].[Cl-]. The Morgan fingerprint density at radius 1 is 0.629 bits per heavy atom. The molecule has 0 aliphatic heterocycles. The number of allylic oxidation sites excluding steroid dienone is 1. The van der Waals surface area contributed by atoms with Crippen LogP contribution in [0.1, 0.15) is 44.3 Å². The first-order valence-corrected chi connectivity index (χ1v) is 19.4. The molecule has 2 atom stereocenters. The van der Waals surface area contributed by atoms with Crippen LogP contribution in [0.2, 0.25) is 13.1 Å². The maximum absolute atomic E-state index is 2.53. The molecule has 6 rings (SSSR count). The molecular weight excluding hydrogens is 563 g/mol. The summed E-state index contributed by atoms with van der Waals surface area (Å²) in [4.78, 5) is 0. The van der Waals surface area contributed by atoms with Crippen LogP contribution in [0.4, 0.5) is 0 Å². The maximum atomic E-state index is 2.53. The van der Waals surface area contributed by atoms with Gasteiger partial charge in [-0.2, -0.15) is 0 Å². The Balaban J connectivity index is 0.00000144. The summed E-state index contributed by atoms with van der Waals surface area (Å²) in [5.41, 5.74) is 14.8. The van der Waals surface area contributed by atoms with Crippen LogP contribution >= 0.6 is 0 Å². The summed E-state index contributed by atoms with van der Waals surface area (Å²) in [7, 11) is 0. The molecule has 2 aliphatic rings. The Labute approximate surface area is 233 Å². The number of hydrogen-bond acceptors (Lipinski definition) is 0. The molecule has 4 aromatic rings. The van der Waals surface area contributed by atoms with Crippen molar-refractivity contribution in [1.82, 2.24) is 0 Å². The summed E-state index contributed by atoms with van der Waals surface area (Å²) in [6, 6.07) is 34.1. The monoisotopic (exact) mass is 587 g/mol. The smallest absolute Gasteiger partial charge is 1.00 e. The standard InChI is InChI=1S/C29H21.C2H6Si.2ClH.Zr/c1-19-17-27-22(20-9-3-2-4-10-20)13-7-15-25(27)29(19)26-16-8-14-24-23-12-6-5-11-21(23)18-28(24)26;1-3-2;;;/h2-18,29H,1H3;1-2H3;2*1H;/q;;;;+2/p-2. The number of hydrogen-bond donors (Lipinski definition) is 0. The van der Waals surface area contributed by atoms with Crippen LogP contribution in [0.5, 0.6) is 0 Å². The van der Waals surface area contributed by atoms with Crippen LogP contribution in [0.15, 0.2) is 96.6 Å². The van der Waals surface area contributed by atoms with Gasteiger partial charge in [0.05, 0.1) is 0 Å². The fraction of sp³-hybridized carbons (Fsp3) is 0.161. The molecule has 0 bridgehead atoms. The van der Waals surface area contributed by atoms with Crippen molar-refractivity contribution in [2.24, 2.45) is 0 Å². The van der Waals surface area contributed by atoms with Gasteiger partial charge in [-0.1, -0.05) is 0 Å². The molecule has 0 saturated carbocycles. The molecule has 4 aromatic carbocycles. The first-order chi connectivity index (χ1) is 16.1. The van der Waals surface area contributed by atoms with E-state index in [-0.39, 0.29) is 30.7 Å². The summed E-state index contributed by atoms with van der Waals surface area (Å²) in [6.07, 6.45) is 2.45. The van der Waals surface area contributed by atoms with Crippen LogP contribution in [0, 0.1) is 0 Å². The normalized spacial score (nSPS) is 16.9. The second-order valence-electron chi connectivity index (χ2n) is 9.47. The molecule has 0 saturated heterocycles. The third kappa shape index (κ3) is 4.49. The molecule has 0 heterocycles. The van der Waals surface area contributed by atoms with Gasteiger partial charge in [-0.15, -0.1) is 0 Å². The Morgan fingerprint density at radius 2 is 1.23 bits per heavy atom. The summed E-state index contributed by atoms with van der Waals surface area (Å²) in [6.45, 7) is 7.40. The van der Waals surface area contributed by atoms with Gasteiger partial charge in [0.2, 0.25) is 0 Å². The minimum Gasteiger partial charge on any atom is -1.00 e. The van der Waals surface area contributed by atoms with E-state index in [1.165, 1.54) is 39.0 Å². The van der Waals surface area contributed by atoms with E-state index in [1.54, 1.807) is 16.7 Å². The quantitative estimate of drug-likeness (QED) is 0.321. The summed E-state index contributed by atoms with van der Waals surface area (Å²) >= 11 is -0.537. The van der Waals surface area contributed by atoms with Gasteiger partial charge in [0.15, 0.2) is 0 Å². The fourth-order valence-electron chi connectivity index (χ4n) is 5.81. The molecule has 0 N–H and O–H groups in total. The van der Waals surface area contributed by atoms with Crippen LogP contribution in [0.3, 0.4) is 0 Å². The molecule has 0 nitrogen and oxygen atoms in total. The van der Waals surface area contributed by atoms with E-state index in [2.05, 4.69) is 117 Å². The molecule has 2 aliphatic carbocycles. The largest absolute Gasteiger partial charge is 1.00 e.